The van der Waals surface area contributed by atoms with E-state index in [0.29, 0.717) is 28.5 Å². The molecular formula is C25H22N6O2. The number of carbonyl (C=O) groups is 2. The summed E-state index contributed by atoms with van der Waals surface area (Å²) in [6, 6.07) is 14.5. The second kappa shape index (κ2) is 9.35. The Balaban J connectivity index is 1.63. The minimum absolute atomic E-state index is 0.195. The molecule has 1 aromatic carbocycles. The lowest BCUT2D eigenvalue weighted by Gasteiger charge is -2.11. The monoisotopic (exact) mass is 438 g/mol. The Morgan fingerprint density at radius 2 is 1.58 bits per heavy atom. The first kappa shape index (κ1) is 21.8. The summed E-state index contributed by atoms with van der Waals surface area (Å²) in [4.78, 5) is 41.1. The smallest absolute Gasteiger partial charge is 0.255 e. The highest BCUT2D eigenvalue weighted by Gasteiger charge is 2.11. The van der Waals surface area contributed by atoms with E-state index < -0.39 is 0 Å². The average Bonchev–Trinajstić information content (AvgIpc) is 2.80. The molecule has 0 fully saturated rings. The van der Waals surface area contributed by atoms with Gasteiger partial charge in [-0.3, -0.25) is 14.6 Å². The Bertz CT molecular complexity index is 1350. The van der Waals surface area contributed by atoms with Crippen LogP contribution >= 0.6 is 0 Å². The van der Waals surface area contributed by atoms with Crippen LogP contribution in [0, 0.1) is 13.8 Å². The molecule has 4 rings (SSSR count). The molecule has 3 aromatic heterocycles. The molecule has 0 saturated heterocycles. The molecule has 0 aliphatic rings. The van der Waals surface area contributed by atoms with Gasteiger partial charge in [0.05, 0.1) is 11.4 Å². The van der Waals surface area contributed by atoms with Gasteiger partial charge < -0.3 is 10.6 Å². The zero-order valence-electron chi connectivity index (χ0n) is 18.5. The first-order valence-corrected chi connectivity index (χ1v) is 10.3. The number of benzene rings is 1. The van der Waals surface area contributed by atoms with Crippen LogP contribution in [0.15, 0.2) is 67.3 Å². The summed E-state index contributed by atoms with van der Waals surface area (Å²) < 4.78 is 0. The maximum atomic E-state index is 12.6. The molecule has 0 saturated carbocycles. The van der Waals surface area contributed by atoms with E-state index in [9.17, 15) is 9.59 Å². The molecule has 8 heteroatoms. The van der Waals surface area contributed by atoms with Gasteiger partial charge in [-0.2, -0.15) is 0 Å². The molecule has 33 heavy (non-hydrogen) atoms. The summed E-state index contributed by atoms with van der Waals surface area (Å²) >= 11 is 0. The Morgan fingerprint density at radius 1 is 0.788 bits per heavy atom. The molecule has 8 nitrogen and oxygen atoms in total. The number of amides is 2. The first-order valence-electron chi connectivity index (χ1n) is 10.3. The Hall–Kier alpha value is -4.46. The van der Waals surface area contributed by atoms with E-state index in [1.54, 1.807) is 30.6 Å². The van der Waals surface area contributed by atoms with Crippen molar-refractivity contribution in [3.05, 3.63) is 84.1 Å². The van der Waals surface area contributed by atoms with Crippen molar-refractivity contribution in [2.45, 2.75) is 20.8 Å². The number of pyridine rings is 2. The van der Waals surface area contributed by atoms with Crippen molar-refractivity contribution in [3.8, 4) is 22.5 Å². The Morgan fingerprint density at radius 3 is 2.36 bits per heavy atom. The molecular weight excluding hydrogens is 416 g/mol. The third kappa shape index (κ3) is 5.24. The fourth-order valence-electron chi connectivity index (χ4n) is 3.37. The largest absolute Gasteiger partial charge is 0.322 e. The van der Waals surface area contributed by atoms with Crippen LogP contribution in [0.3, 0.4) is 0 Å². The van der Waals surface area contributed by atoms with E-state index in [1.807, 2.05) is 44.2 Å². The minimum Gasteiger partial charge on any atom is -0.322 e. The van der Waals surface area contributed by atoms with Crippen molar-refractivity contribution in [2.75, 3.05) is 10.6 Å². The van der Waals surface area contributed by atoms with Gasteiger partial charge in [0.1, 0.15) is 12.1 Å². The normalized spacial score (nSPS) is 10.5. The molecule has 0 bridgehead atoms. The number of anilines is 2. The van der Waals surface area contributed by atoms with Crippen molar-refractivity contribution in [3.63, 3.8) is 0 Å². The molecule has 2 N–H and O–H groups in total. The number of nitrogens with zero attached hydrogens (tertiary/aromatic N) is 4. The van der Waals surface area contributed by atoms with Crippen molar-refractivity contribution in [1.82, 2.24) is 19.9 Å². The number of aryl methyl sites for hydroxylation is 2. The molecule has 3 heterocycles. The van der Waals surface area contributed by atoms with E-state index in [-0.39, 0.29) is 11.8 Å². The number of hydrogen-bond acceptors (Lipinski definition) is 6. The SMILES string of the molecule is CC(=O)Nc1cc(-c2cc(-c3cc(NC(=O)c4ccnc(C)c4)ccc3C)ncn2)ccn1. The summed E-state index contributed by atoms with van der Waals surface area (Å²) in [5.74, 6) is 0.0489. The van der Waals surface area contributed by atoms with E-state index in [0.717, 1.165) is 22.4 Å². The van der Waals surface area contributed by atoms with Crippen molar-refractivity contribution >= 4 is 23.3 Å². The van der Waals surface area contributed by atoms with E-state index in [2.05, 4.69) is 30.6 Å². The van der Waals surface area contributed by atoms with Gasteiger partial charge in [-0.25, -0.2) is 15.0 Å². The Labute approximate surface area is 191 Å². The van der Waals surface area contributed by atoms with E-state index in [4.69, 9.17) is 0 Å². The second-order valence-electron chi connectivity index (χ2n) is 7.57. The second-order valence-corrected chi connectivity index (χ2v) is 7.57. The maximum Gasteiger partial charge on any atom is 0.255 e. The molecule has 0 radical (unpaired) electrons. The number of hydrogen-bond donors (Lipinski definition) is 2. The van der Waals surface area contributed by atoms with Gasteiger partial charge >= 0.3 is 0 Å². The standard InChI is InChI=1S/C25H22N6O2/c1-15-4-5-20(31-25(33)19-7-8-26-16(2)10-19)12-21(15)23-13-22(28-14-29-23)18-6-9-27-24(11-18)30-17(3)32/h4-14H,1-3H3,(H,31,33)(H,27,30,32). The van der Waals surface area contributed by atoms with Crippen LogP contribution in [-0.4, -0.2) is 31.8 Å². The fourth-order valence-corrected chi connectivity index (χ4v) is 3.37. The molecule has 0 spiro atoms. The predicted octanol–water partition coefficient (Wildman–Crippen LogP) is 4.43. The van der Waals surface area contributed by atoms with Gasteiger partial charge in [0.25, 0.3) is 5.91 Å². The summed E-state index contributed by atoms with van der Waals surface area (Å²) in [7, 11) is 0. The van der Waals surface area contributed by atoms with Gasteiger partial charge in [-0.1, -0.05) is 6.07 Å². The summed E-state index contributed by atoms with van der Waals surface area (Å²) in [5, 5.41) is 5.61. The van der Waals surface area contributed by atoms with Crippen molar-refractivity contribution < 1.29 is 9.59 Å². The number of carbonyl (C=O) groups excluding carboxylic acids is 2. The zero-order valence-corrected chi connectivity index (χ0v) is 18.5. The van der Waals surface area contributed by atoms with Gasteiger partial charge in [-0.05, 0) is 61.9 Å². The highest BCUT2D eigenvalue weighted by atomic mass is 16.2. The predicted molar refractivity (Wildman–Crippen MR) is 127 cm³/mol. The van der Waals surface area contributed by atoms with E-state index in [1.165, 1.54) is 13.3 Å². The van der Waals surface area contributed by atoms with Gasteiger partial charge in [0.2, 0.25) is 5.91 Å². The lowest BCUT2D eigenvalue weighted by molar-refractivity contribution is -0.114. The lowest BCUT2D eigenvalue weighted by Crippen LogP contribution is -2.12. The number of rotatable bonds is 5. The summed E-state index contributed by atoms with van der Waals surface area (Å²) in [6.45, 7) is 5.26. The molecule has 0 unspecified atom stereocenters. The van der Waals surface area contributed by atoms with Gasteiger partial charge in [-0.15, -0.1) is 0 Å². The molecule has 0 aliphatic carbocycles. The third-order valence-electron chi connectivity index (χ3n) is 4.96. The van der Waals surface area contributed by atoms with Crippen LogP contribution in [0.2, 0.25) is 0 Å². The topological polar surface area (TPSA) is 110 Å². The molecule has 2 amide bonds. The van der Waals surface area contributed by atoms with Gasteiger partial charge in [0, 0.05) is 47.4 Å². The quantitative estimate of drug-likeness (QED) is 0.477. The average molecular weight is 438 g/mol. The highest BCUT2D eigenvalue weighted by Crippen LogP contribution is 2.28. The molecule has 0 aliphatic heterocycles. The maximum absolute atomic E-state index is 12.6. The van der Waals surface area contributed by atoms with Crippen LogP contribution in [0.25, 0.3) is 22.5 Å². The zero-order chi connectivity index (χ0) is 23.4. The molecule has 4 aromatic rings. The van der Waals surface area contributed by atoms with Crippen LogP contribution in [-0.2, 0) is 4.79 Å². The van der Waals surface area contributed by atoms with Crippen LogP contribution in [0.5, 0.6) is 0 Å². The fraction of sp³-hybridized carbons (Fsp3) is 0.120. The Kier molecular flexibility index (Phi) is 6.17. The van der Waals surface area contributed by atoms with Gasteiger partial charge in [0.15, 0.2) is 0 Å². The summed E-state index contributed by atoms with van der Waals surface area (Å²) in [5.41, 5.74) is 6.06. The minimum atomic E-state index is -0.207. The number of aromatic nitrogens is 4. The van der Waals surface area contributed by atoms with E-state index >= 15 is 0 Å². The van der Waals surface area contributed by atoms with Crippen molar-refractivity contribution in [1.29, 1.82) is 0 Å². The van der Waals surface area contributed by atoms with Crippen molar-refractivity contribution in [2.24, 2.45) is 0 Å². The van der Waals surface area contributed by atoms with Crippen LogP contribution < -0.4 is 10.6 Å². The molecule has 164 valence electrons. The van der Waals surface area contributed by atoms with Crippen LogP contribution in [0.1, 0.15) is 28.5 Å². The highest BCUT2D eigenvalue weighted by molar-refractivity contribution is 6.04. The first-order chi connectivity index (χ1) is 15.9. The molecule has 0 atom stereocenters. The van der Waals surface area contributed by atoms with Crippen LogP contribution in [0.4, 0.5) is 11.5 Å². The number of nitrogens with one attached hydrogen (secondary N) is 2. The lowest BCUT2D eigenvalue weighted by atomic mass is 10.0. The third-order valence-corrected chi connectivity index (χ3v) is 4.96. The summed E-state index contributed by atoms with van der Waals surface area (Å²) in [6.07, 6.45) is 4.72.